The number of hydrogen-bond acceptors (Lipinski definition) is 0. The van der Waals surface area contributed by atoms with Crippen molar-refractivity contribution >= 4 is 43.6 Å². The Morgan fingerprint density at radius 3 is 0.983 bits per heavy atom. The summed E-state index contributed by atoms with van der Waals surface area (Å²) in [5, 5.41) is 3.86. The van der Waals surface area contributed by atoms with E-state index in [1.807, 2.05) is 11.5 Å². The van der Waals surface area contributed by atoms with Crippen molar-refractivity contribution in [1.82, 2.24) is 9.13 Å². The van der Waals surface area contributed by atoms with Gasteiger partial charge in [0.25, 0.3) is 0 Å². The summed E-state index contributed by atoms with van der Waals surface area (Å²) in [6.07, 6.45) is 0. The molecule has 2 heterocycles. The van der Waals surface area contributed by atoms with E-state index >= 15 is 17.6 Å². The van der Waals surface area contributed by atoms with Gasteiger partial charge < -0.3 is 9.13 Å². The van der Waals surface area contributed by atoms with Crippen molar-refractivity contribution in [1.29, 1.82) is 0 Å². The fourth-order valence-electron chi connectivity index (χ4n) is 8.67. The van der Waals surface area contributed by atoms with E-state index in [1.165, 1.54) is 6.07 Å². The fourth-order valence-corrected chi connectivity index (χ4v) is 8.67. The number of hydrogen-bond donors (Lipinski definition) is 0. The van der Waals surface area contributed by atoms with Gasteiger partial charge in [0.05, 0.1) is 39.0 Å². The van der Waals surface area contributed by atoms with Crippen molar-refractivity contribution in [2.24, 2.45) is 0 Å². The third kappa shape index (κ3) is 6.42. The van der Waals surface area contributed by atoms with E-state index in [4.69, 9.17) is 0 Å². The van der Waals surface area contributed by atoms with Gasteiger partial charge in [0.1, 0.15) is 0 Å². The predicted octanol–water partition coefficient (Wildman–Crippen LogP) is 15.7. The SMILES string of the molecule is Cc1c(-n2c3cc(C(C)(C)C)ccc3c3ccc(C(C)(C)C)cc32)ccc(-c2c(F)c(F)c(F)c(F)c2F)c1-n1c2cc(C(C)(C)C)ccc2c2ccc(C(C)(C)C)cc21. The van der Waals surface area contributed by atoms with E-state index < -0.39 is 34.6 Å². The van der Waals surface area contributed by atoms with E-state index in [0.29, 0.717) is 16.9 Å². The van der Waals surface area contributed by atoms with Crippen molar-refractivity contribution < 1.29 is 22.0 Å². The maximum absolute atomic E-state index is 16.3. The monoisotopic (exact) mass is 812 g/mol. The molecule has 0 spiro atoms. The lowest BCUT2D eigenvalue weighted by Crippen LogP contribution is -2.13. The summed E-state index contributed by atoms with van der Waals surface area (Å²) in [7, 11) is 0. The Kier molecular flexibility index (Phi) is 9.32. The van der Waals surface area contributed by atoms with Crippen molar-refractivity contribution in [3.8, 4) is 22.5 Å². The third-order valence-corrected chi connectivity index (χ3v) is 12.3. The highest BCUT2D eigenvalue weighted by molar-refractivity contribution is 6.12. The van der Waals surface area contributed by atoms with Gasteiger partial charge in [0, 0.05) is 27.1 Å². The van der Waals surface area contributed by atoms with Crippen LogP contribution in [0, 0.1) is 36.0 Å². The maximum atomic E-state index is 16.3. The molecule has 2 aromatic heterocycles. The van der Waals surface area contributed by atoms with Gasteiger partial charge in [-0.2, -0.15) is 0 Å². The zero-order valence-electron chi connectivity index (χ0n) is 36.9. The minimum Gasteiger partial charge on any atom is -0.309 e. The normalized spacial score (nSPS) is 13.2. The molecule has 60 heavy (non-hydrogen) atoms. The van der Waals surface area contributed by atoms with Crippen LogP contribution in [0.25, 0.3) is 66.1 Å². The van der Waals surface area contributed by atoms with Crippen LogP contribution >= 0.6 is 0 Å². The first kappa shape index (κ1) is 41.3. The van der Waals surface area contributed by atoms with Crippen LogP contribution in [-0.2, 0) is 21.7 Å². The Labute approximate surface area is 349 Å². The number of fused-ring (bicyclic) bond motifs is 6. The van der Waals surface area contributed by atoms with Crippen LogP contribution < -0.4 is 0 Å². The van der Waals surface area contributed by atoms with Gasteiger partial charge >= 0.3 is 0 Å². The van der Waals surface area contributed by atoms with Gasteiger partial charge in [-0.1, -0.05) is 132 Å². The molecule has 0 aliphatic rings. The zero-order chi connectivity index (χ0) is 43.8. The molecule has 0 N–H and O–H groups in total. The third-order valence-electron chi connectivity index (χ3n) is 12.3. The average molecular weight is 813 g/mol. The van der Waals surface area contributed by atoms with Gasteiger partial charge in [0.2, 0.25) is 5.82 Å². The number of rotatable bonds is 3. The smallest absolute Gasteiger partial charge is 0.200 e. The first-order chi connectivity index (χ1) is 27.8. The molecule has 0 fully saturated rings. The Morgan fingerprint density at radius 2 is 0.667 bits per heavy atom. The minimum absolute atomic E-state index is 0.114. The Balaban J connectivity index is 1.63. The van der Waals surface area contributed by atoms with Crippen molar-refractivity contribution in [3.63, 3.8) is 0 Å². The molecule has 0 amide bonds. The lowest BCUT2D eigenvalue weighted by molar-refractivity contribution is 0.381. The van der Waals surface area contributed by atoms with Gasteiger partial charge in [-0.05, 0) is 92.8 Å². The molecule has 0 bridgehead atoms. The molecular formula is C53H53F5N2. The van der Waals surface area contributed by atoms with Gasteiger partial charge in [-0.15, -0.1) is 0 Å². The van der Waals surface area contributed by atoms with Crippen LogP contribution in [0.15, 0.2) is 84.9 Å². The van der Waals surface area contributed by atoms with E-state index in [1.54, 1.807) is 6.07 Å². The topological polar surface area (TPSA) is 9.86 Å². The lowest BCUT2D eigenvalue weighted by atomic mass is 9.86. The van der Waals surface area contributed by atoms with Crippen LogP contribution in [0.3, 0.4) is 0 Å². The highest BCUT2D eigenvalue weighted by Crippen LogP contribution is 2.46. The minimum atomic E-state index is -2.19. The summed E-state index contributed by atoms with van der Waals surface area (Å²) in [6, 6.07) is 28.8. The van der Waals surface area contributed by atoms with Gasteiger partial charge in [-0.3, -0.25) is 0 Å². The molecule has 0 aliphatic heterocycles. The average Bonchev–Trinajstić information content (AvgIpc) is 3.66. The zero-order valence-corrected chi connectivity index (χ0v) is 36.9. The van der Waals surface area contributed by atoms with Crippen LogP contribution in [-0.4, -0.2) is 9.13 Å². The molecular weight excluding hydrogens is 760 g/mol. The lowest BCUT2D eigenvalue weighted by Gasteiger charge is -2.24. The number of benzene rings is 6. The Hall–Kier alpha value is -5.43. The van der Waals surface area contributed by atoms with Crippen molar-refractivity contribution in [3.05, 3.63) is 142 Å². The largest absolute Gasteiger partial charge is 0.309 e. The predicted molar refractivity (Wildman–Crippen MR) is 240 cm³/mol. The second-order valence-corrected chi connectivity index (χ2v) is 20.6. The highest BCUT2D eigenvalue weighted by Gasteiger charge is 2.32. The molecule has 0 radical (unpaired) electrons. The first-order valence-corrected chi connectivity index (χ1v) is 20.6. The molecule has 0 saturated heterocycles. The van der Waals surface area contributed by atoms with Crippen LogP contribution in [0.1, 0.15) is 111 Å². The molecule has 0 saturated carbocycles. The maximum Gasteiger partial charge on any atom is 0.200 e. The van der Waals surface area contributed by atoms with Crippen LogP contribution in [0.4, 0.5) is 22.0 Å². The second-order valence-electron chi connectivity index (χ2n) is 20.6. The Bertz CT molecular complexity index is 2910. The number of halogens is 5. The highest BCUT2D eigenvalue weighted by atomic mass is 19.2. The van der Waals surface area contributed by atoms with E-state index in [-0.39, 0.29) is 27.2 Å². The Morgan fingerprint density at radius 1 is 0.367 bits per heavy atom. The quantitative estimate of drug-likeness (QED) is 0.0955. The molecule has 6 aromatic carbocycles. The molecule has 310 valence electrons. The second kappa shape index (κ2) is 13.5. The molecule has 0 atom stereocenters. The number of nitrogens with zero attached hydrogens (tertiary/aromatic N) is 2. The summed E-state index contributed by atoms with van der Waals surface area (Å²) in [5.74, 6) is -9.94. The molecule has 2 nitrogen and oxygen atoms in total. The van der Waals surface area contributed by atoms with E-state index in [2.05, 4.69) is 160 Å². The van der Waals surface area contributed by atoms with Gasteiger partial charge in [0.15, 0.2) is 23.3 Å². The van der Waals surface area contributed by atoms with Crippen LogP contribution in [0.5, 0.6) is 0 Å². The van der Waals surface area contributed by atoms with Crippen LogP contribution in [0.2, 0.25) is 0 Å². The summed E-state index contributed by atoms with van der Waals surface area (Å²) >= 11 is 0. The van der Waals surface area contributed by atoms with Crippen molar-refractivity contribution in [2.75, 3.05) is 0 Å². The molecule has 8 rings (SSSR count). The van der Waals surface area contributed by atoms with E-state index in [0.717, 1.165) is 65.9 Å². The van der Waals surface area contributed by atoms with Crippen molar-refractivity contribution in [2.45, 2.75) is 112 Å². The summed E-state index contributed by atoms with van der Waals surface area (Å²) in [4.78, 5) is 0. The summed E-state index contributed by atoms with van der Waals surface area (Å²) in [6.45, 7) is 27.6. The molecule has 0 unspecified atom stereocenters. The molecule has 8 aromatic rings. The summed E-state index contributed by atoms with van der Waals surface area (Å²) in [5.41, 5.74) is 7.30. The van der Waals surface area contributed by atoms with Gasteiger partial charge in [-0.25, -0.2) is 22.0 Å². The first-order valence-electron chi connectivity index (χ1n) is 20.6. The summed E-state index contributed by atoms with van der Waals surface area (Å²) < 4.78 is 82.0. The number of aromatic nitrogens is 2. The standard InChI is InChI=1S/C53H53F5N2/c1-28-38(59-39-24-29(50(2,3)4)14-18-33(39)34-19-15-30(25-40(34)59)51(5,6)7)23-22-37(43-44(54)46(56)48(58)47(57)45(43)55)49(28)60-41-26-31(52(8,9)10)16-20-35(41)36-21-17-32(27-42(36)60)53(11,12)13/h14-27H,1-13H3. The fraction of sp³-hybridized carbons (Fsp3) is 0.321. The molecule has 7 heteroatoms. The van der Waals surface area contributed by atoms with E-state index in [9.17, 15) is 4.39 Å². The molecule has 0 aliphatic carbocycles.